The lowest BCUT2D eigenvalue weighted by molar-refractivity contribution is 0.150. The van der Waals surface area contributed by atoms with Crippen molar-refractivity contribution in [2.24, 2.45) is 10.7 Å². The molecule has 1 aromatic heterocycles. The topological polar surface area (TPSA) is 66.8 Å². The van der Waals surface area contributed by atoms with E-state index in [4.69, 9.17) is 10.2 Å². The molecule has 1 aliphatic rings. The number of nitrogens with zero attached hydrogens (tertiary/aromatic N) is 2. The standard InChI is InChI=1S/C16H26N4O.HI/c1-13(2)11-18-16(17)19-12-14(15-7-6-10-21-15)20-8-4-3-5-9-20;/h6-7,10,14H,1,3-5,8-9,11-12H2,2H3,(H3,17,18,19);1H. The van der Waals surface area contributed by atoms with E-state index in [1.165, 1.54) is 19.3 Å². The van der Waals surface area contributed by atoms with E-state index in [1.807, 2.05) is 19.1 Å². The van der Waals surface area contributed by atoms with Crippen LogP contribution >= 0.6 is 24.0 Å². The van der Waals surface area contributed by atoms with Crippen molar-refractivity contribution in [3.63, 3.8) is 0 Å². The largest absolute Gasteiger partial charge is 0.468 e. The second-order valence-corrected chi connectivity index (χ2v) is 5.66. The van der Waals surface area contributed by atoms with Gasteiger partial charge in [-0.3, -0.25) is 9.89 Å². The van der Waals surface area contributed by atoms with Crippen molar-refractivity contribution in [1.82, 2.24) is 10.2 Å². The Balaban J connectivity index is 0.00000242. The van der Waals surface area contributed by atoms with E-state index in [0.717, 1.165) is 24.4 Å². The van der Waals surface area contributed by atoms with Gasteiger partial charge in [-0.05, 0) is 45.0 Å². The third kappa shape index (κ3) is 6.00. The Hall–Kier alpha value is -1.02. The molecule has 1 atom stereocenters. The van der Waals surface area contributed by atoms with Crippen LogP contribution in [0.4, 0.5) is 0 Å². The quantitative estimate of drug-likeness (QED) is 0.323. The molecule has 0 amide bonds. The average Bonchev–Trinajstić information content (AvgIpc) is 3.00. The third-order valence-electron chi connectivity index (χ3n) is 3.71. The molecule has 1 fully saturated rings. The zero-order valence-electron chi connectivity index (χ0n) is 13.3. The van der Waals surface area contributed by atoms with Crippen LogP contribution in [0.1, 0.15) is 38.0 Å². The number of piperidine rings is 1. The number of furan rings is 1. The lowest BCUT2D eigenvalue weighted by atomic mass is 10.1. The van der Waals surface area contributed by atoms with Crippen molar-refractivity contribution < 1.29 is 4.42 Å². The van der Waals surface area contributed by atoms with Gasteiger partial charge < -0.3 is 15.5 Å². The van der Waals surface area contributed by atoms with Gasteiger partial charge in [0.25, 0.3) is 0 Å². The molecule has 124 valence electrons. The molecule has 2 heterocycles. The van der Waals surface area contributed by atoms with Crippen LogP contribution < -0.4 is 11.1 Å². The summed E-state index contributed by atoms with van der Waals surface area (Å²) < 4.78 is 5.59. The van der Waals surface area contributed by atoms with Gasteiger partial charge in [0.2, 0.25) is 0 Å². The molecule has 22 heavy (non-hydrogen) atoms. The minimum Gasteiger partial charge on any atom is -0.468 e. The molecule has 1 saturated heterocycles. The SMILES string of the molecule is C=C(C)CNC(N)=NCC(c1ccco1)N1CCCCC1.I. The van der Waals surface area contributed by atoms with Crippen LogP contribution in [0.25, 0.3) is 0 Å². The van der Waals surface area contributed by atoms with Crippen LogP contribution in [-0.4, -0.2) is 37.0 Å². The molecule has 1 unspecified atom stereocenters. The zero-order chi connectivity index (χ0) is 15.1. The Morgan fingerprint density at radius 1 is 1.45 bits per heavy atom. The highest BCUT2D eigenvalue weighted by atomic mass is 127. The van der Waals surface area contributed by atoms with E-state index in [1.54, 1.807) is 6.26 Å². The molecule has 2 rings (SSSR count). The van der Waals surface area contributed by atoms with Crippen LogP contribution in [-0.2, 0) is 0 Å². The first kappa shape index (κ1) is 19.0. The number of guanidine groups is 1. The smallest absolute Gasteiger partial charge is 0.188 e. The summed E-state index contributed by atoms with van der Waals surface area (Å²) in [7, 11) is 0. The van der Waals surface area contributed by atoms with Crippen molar-refractivity contribution in [2.75, 3.05) is 26.2 Å². The second-order valence-electron chi connectivity index (χ2n) is 5.66. The number of rotatable bonds is 6. The molecule has 1 aromatic rings. The number of likely N-dealkylation sites (tertiary alicyclic amines) is 1. The van der Waals surface area contributed by atoms with Crippen molar-refractivity contribution in [2.45, 2.75) is 32.2 Å². The molecule has 0 bridgehead atoms. The van der Waals surface area contributed by atoms with Gasteiger partial charge >= 0.3 is 0 Å². The number of nitrogens with one attached hydrogen (secondary N) is 1. The van der Waals surface area contributed by atoms with Gasteiger partial charge in [-0.15, -0.1) is 24.0 Å². The van der Waals surface area contributed by atoms with Crippen molar-refractivity contribution in [1.29, 1.82) is 0 Å². The van der Waals surface area contributed by atoms with Gasteiger partial charge in [-0.2, -0.15) is 0 Å². The maximum atomic E-state index is 5.90. The normalized spacial score (nSPS) is 17.6. The Labute approximate surface area is 150 Å². The number of nitrogens with two attached hydrogens (primary N) is 1. The summed E-state index contributed by atoms with van der Waals surface area (Å²) in [5.41, 5.74) is 6.94. The van der Waals surface area contributed by atoms with E-state index in [0.29, 0.717) is 19.0 Å². The molecule has 0 saturated carbocycles. The minimum atomic E-state index is 0. The van der Waals surface area contributed by atoms with Gasteiger partial charge in [0, 0.05) is 6.54 Å². The molecular formula is C16H27IN4O. The maximum absolute atomic E-state index is 5.90. The number of halogens is 1. The Bertz CT molecular complexity index is 467. The van der Waals surface area contributed by atoms with Gasteiger partial charge in [0.05, 0.1) is 18.8 Å². The number of aliphatic imine (C=N–C) groups is 1. The lowest BCUT2D eigenvalue weighted by Gasteiger charge is -2.32. The second kappa shape index (κ2) is 9.89. The summed E-state index contributed by atoms with van der Waals surface area (Å²) in [5, 5.41) is 3.06. The summed E-state index contributed by atoms with van der Waals surface area (Å²) in [6.45, 7) is 9.26. The lowest BCUT2D eigenvalue weighted by Crippen LogP contribution is -2.37. The van der Waals surface area contributed by atoms with Crippen molar-refractivity contribution in [3.05, 3.63) is 36.3 Å². The predicted octanol–water partition coefficient (Wildman–Crippen LogP) is 2.91. The van der Waals surface area contributed by atoms with Gasteiger partial charge in [-0.25, -0.2) is 0 Å². The summed E-state index contributed by atoms with van der Waals surface area (Å²) >= 11 is 0. The fourth-order valence-electron chi connectivity index (χ4n) is 2.58. The van der Waals surface area contributed by atoms with E-state index in [9.17, 15) is 0 Å². The molecule has 5 nitrogen and oxygen atoms in total. The highest BCUT2D eigenvalue weighted by molar-refractivity contribution is 14.0. The van der Waals surface area contributed by atoms with Crippen molar-refractivity contribution >= 4 is 29.9 Å². The molecule has 0 radical (unpaired) electrons. The first-order valence-corrected chi connectivity index (χ1v) is 7.62. The van der Waals surface area contributed by atoms with Crippen LogP contribution in [0.3, 0.4) is 0 Å². The first-order valence-electron chi connectivity index (χ1n) is 7.62. The molecule has 0 aromatic carbocycles. The third-order valence-corrected chi connectivity index (χ3v) is 3.71. The highest BCUT2D eigenvalue weighted by Gasteiger charge is 2.24. The van der Waals surface area contributed by atoms with Crippen LogP contribution in [0.2, 0.25) is 0 Å². The van der Waals surface area contributed by atoms with Crippen LogP contribution in [0, 0.1) is 0 Å². The summed E-state index contributed by atoms with van der Waals surface area (Å²) in [4.78, 5) is 6.91. The predicted molar refractivity (Wildman–Crippen MR) is 102 cm³/mol. The Kier molecular flexibility index (Phi) is 8.55. The van der Waals surface area contributed by atoms with E-state index < -0.39 is 0 Å². The molecule has 0 aliphatic carbocycles. The van der Waals surface area contributed by atoms with Gasteiger partial charge in [0.15, 0.2) is 5.96 Å². The van der Waals surface area contributed by atoms with Crippen molar-refractivity contribution in [3.8, 4) is 0 Å². The van der Waals surface area contributed by atoms with E-state index >= 15 is 0 Å². The Morgan fingerprint density at radius 2 is 2.18 bits per heavy atom. The maximum Gasteiger partial charge on any atom is 0.188 e. The van der Waals surface area contributed by atoms with Crippen LogP contribution in [0.15, 0.2) is 40.0 Å². The number of hydrogen-bond acceptors (Lipinski definition) is 3. The summed E-state index contributed by atoms with van der Waals surface area (Å²) in [6, 6.07) is 4.12. The van der Waals surface area contributed by atoms with E-state index in [2.05, 4.69) is 21.8 Å². The average molecular weight is 418 g/mol. The van der Waals surface area contributed by atoms with Crippen LogP contribution in [0.5, 0.6) is 0 Å². The fraction of sp³-hybridized carbons (Fsp3) is 0.562. The molecule has 3 N–H and O–H groups in total. The molecule has 0 spiro atoms. The molecule has 1 aliphatic heterocycles. The van der Waals surface area contributed by atoms with Gasteiger partial charge in [0.1, 0.15) is 5.76 Å². The fourth-order valence-corrected chi connectivity index (χ4v) is 2.58. The summed E-state index contributed by atoms with van der Waals surface area (Å²) in [6.07, 6.45) is 5.51. The monoisotopic (exact) mass is 418 g/mol. The Morgan fingerprint density at radius 3 is 2.77 bits per heavy atom. The highest BCUT2D eigenvalue weighted by Crippen LogP contribution is 2.25. The first-order chi connectivity index (χ1) is 10.2. The molecule has 6 heteroatoms. The van der Waals surface area contributed by atoms with E-state index in [-0.39, 0.29) is 30.0 Å². The summed E-state index contributed by atoms with van der Waals surface area (Å²) in [5.74, 6) is 1.43. The molecular weight excluding hydrogens is 391 g/mol. The minimum absolute atomic E-state index is 0. The zero-order valence-corrected chi connectivity index (χ0v) is 15.6. The van der Waals surface area contributed by atoms with Gasteiger partial charge in [-0.1, -0.05) is 18.6 Å². The number of hydrogen-bond donors (Lipinski definition) is 2.